The number of thiocarbonyl (C=S) groups is 1. The first-order valence-electron chi connectivity index (χ1n) is 9.12. The molecule has 0 spiro atoms. The van der Waals surface area contributed by atoms with Gasteiger partial charge in [0.25, 0.3) is 0 Å². The maximum Gasteiger partial charge on any atom is 0.417 e. The van der Waals surface area contributed by atoms with Crippen LogP contribution in [0.2, 0.25) is 5.02 Å². The molecular weight excluding hydrogens is 413 g/mol. The summed E-state index contributed by atoms with van der Waals surface area (Å²) < 4.78 is 38.7. The van der Waals surface area contributed by atoms with Gasteiger partial charge in [0.05, 0.1) is 17.1 Å². The number of rotatable bonds is 6. The molecule has 1 heterocycles. The maximum absolute atomic E-state index is 12.9. The molecule has 1 aliphatic rings. The molecule has 28 heavy (non-hydrogen) atoms. The molecule has 0 bridgehead atoms. The van der Waals surface area contributed by atoms with E-state index in [1.165, 1.54) is 6.07 Å². The molecule has 10 heteroatoms. The fourth-order valence-electron chi connectivity index (χ4n) is 2.82. The number of alkyl halides is 3. The van der Waals surface area contributed by atoms with E-state index < -0.39 is 16.8 Å². The van der Waals surface area contributed by atoms with Crippen LogP contribution in [-0.4, -0.2) is 60.1 Å². The Morgan fingerprint density at radius 2 is 1.93 bits per heavy atom. The van der Waals surface area contributed by atoms with E-state index >= 15 is 0 Å². The molecule has 0 aliphatic carbocycles. The molecule has 1 aromatic rings. The Balaban J connectivity index is 1.81. The van der Waals surface area contributed by atoms with Crippen LogP contribution in [-0.2, 0) is 11.0 Å². The summed E-state index contributed by atoms with van der Waals surface area (Å²) >= 11 is 11.0. The Morgan fingerprint density at radius 1 is 1.25 bits per heavy atom. The quantitative estimate of drug-likeness (QED) is 0.527. The van der Waals surface area contributed by atoms with E-state index in [1.54, 1.807) is 0 Å². The number of piperazine rings is 1. The van der Waals surface area contributed by atoms with Gasteiger partial charge < -0.3 is 15.5 Å². The molecule has 1 saturated heterocycles. The number of benzene rings is 1. The summed E-state index contributed by atoms with van der Waals surface area (Å²) in [5.41, 5.74) is -0.897. The van der Waals surface area contributed by atoms with Crippen molar-refractivity contribution < 1.29 is 18.0 Å². The molecule has 0 saturated carbocycles. The first kappa shape index (κ1) is 22.7. The monoisotopic (exact) mass is 436 g/mol. The second-order valence-corrected chi connectivity index (χ2v) is 7.38. The molecule has 2 N–H and O–H groups in total. The van der Waals surface area contributed by atoms with Crippen molar-refractivity contribution >= 4 is 40.5 Å². The van der Waals surface area contributed by atoms with Crippen LogP contribution in [0.4, 0.5) is 18.9 Å². The van der Waals surface area contributed by atoms with E-state index in [4.69, 9.17) is 23.8 Å². The Hall–Kier alpha value is -1.58. The van der Waals surface area contributed by atoms with Crippen LogP contribution in [0.25, 0.3) is 0 Å². The number of amides is 1. The number of unbranched alkanes of at least 4 members (excludes halogenated alkanes) is 1. The number of anilines is 1. The van der Waals surface area contributed by atoms with Gasteiger partial charge in [0.1, 0.15) is 0 Å². The zero-order valence-corrected chi connectivity index (χ0v) is 17.2. The van der Waals surface area contributed by atoms with Gasteiger partial charge in [-0.1, -0.05) is 24.9 Å². The van der Waals surface area contributed by atoms with Crippen molar-refractivity contribution in [3.63, 3.8) is 0 Å². The van der Waals surface area contributed by atoms with Crippen molar-refractivity contribution in [3.8, 4) is 0 Å². The minimum absolute atomic E-state index is 0.0710. The summed E-state index contributed by atoms with van der Waals surface area (Å²) in [6, 6.07) is 3.33. The minimum atomic E-state index is -4.57. The molecule has 0 atom stereocenters. The van der Waals surface area contributed by atoms with Crippen molar-refractivity contribution in [3.05, 3.63) is 28.8 Å². The summed E-state index contributed by atoms with van der Waals surface area (Å²) in [5, 5.41) is 6.05. The van der Waals surface area contributed by atoms with Gasteiger partial charge in [-0.25, -0.2) is 0 Å². The molecular formula is C18H24ClF3N4OS. The lowest BCUT2D eigenvalue weighted by Crippen LogP contribution is -2.53. The molecule has 1 aliphatic heterocycles. The number of hydrogen-bond acceptors (Lipinski definition) is 3. The number of nitrogens with one attached hydrogen (secondary N) is 2. The van der Waals surface area contributed by atoms with Gasteiger partial charge in [0.15, 0.2) is 5.11 Å². The number of nitrogens with zero attached hydrogens (tertiary/aromatic N) is 2. The Morgan fingerprint density at radius 3 is 2.54 bits per heavy atom. The average molecular weight is 437 g/mol. The van der Waals surface area contributed by atoms with Crippen LogP contribution < -0.4 is 10.6 Å². The standard InChI is InChI=1S/C18H24ClF3N4OS/c1-2-3-6-23-17(28)26-9-7-25(8-10-26)12-16(27)24-13-4-5-15(19)14(11-13)18(20,21)22/h4-5,11H,2-3,6-10,12H2,1H3,(H,23,28)(H,24,27). The fourth-order valence-corrected chi connectivity index (χ4v) is 3.33. The first-order valence-corrected chi connectivity index (χ1v) is 9.91. The Labute approximate surface area is 173 Å². The lowest BCUT2D eigenvalue weighted by atomic mass is 10.2. The van der Waals surface area contributed by atoms with Crippen LogP contribution in [0.15, 0.2) is 18.2 Å². The van der Waals surface area contributed by atoms with E-state index in [2.05, 4.69) is 22.5 Å². The number of carbonyl (C=O) groups is 1. The predicted molar refractivity (Wildman–Crippen MR) is 109 cm³/mol. The van der Waals surface area contributed by atoms with E-state index in [-0.39, 0.29) is 18.1 Å². The highest BCUT2D eigenvalue weighted by Gasteiger charge is 2.33. The van der Waals surface area contributed by atoms with Crippen molar-refractivity contribution in [1.82, 2.24) is 15.1 Å². The van der Waals surface area contributed by atoms with Gasteiger partial charge in [0, 0.05) is 38.4 Å². The molecule has 2 rings (SSSR count). The molecule has 0 unspecified atom stereocenters. The second-order valence-electron chi connectivity index (χ2n) is 6.59. The predicted octanol–water partition coefficient (Wildman–Crippen LogP) is 3.59. The highest BCUT2D eigenvalue weighted by Crippen LogP contribution is 2.36. The minimum Gasteiger partial charge on any atom is -0.363 e. The van der Waals surface area contributed by atoms with Gasteiger partial charge in [-0.2, -0.15) is 13.2 Å². The van der Waals surface area contributed by atoms with Gasteiger partial charge in [0.2, 0.25) is 5.91 Å². The molecule has 0 aromatic heterocycles. The fraction of sp³-hybridized carbons (Fsp3) is 0.556. The smallest absolute Gasteiger partial charge is 0.363 e. The summed E-state index contributed by atoms with van der Waals surface area (Å²) in [4.78, 5) is 16.2. The zero-order chi connectivity index (χ0) is 20.7. The normalized spacial score (nSPS) is 15.4. The summed E-state index contributed by atoms with van der Waals surface area (Å²) in [7, 11) is 0. The molecule has 1 aromatic carbocycles. The topological polar surface area (TPSA) is 47.6 Å². The van der Waals surface area contributed by atoms with Gasteiger partial charge in [-0.15, -0.1) is 0 Å². The Kier molecular flexibility index (Phi) is 8.33. The maximum atomic E-state index is 12.9. The van der Waals surface area contributed by atoms with E-state index in [0.717, 1.165) is 36.6 Å². The number of halogens is 4. The SMILES string of the molecule is CCCCNC(=S)N1CCN(CC(=O)Nc2ccc(Cl)c(C(F)(F)F)c2)CC1. The average Bonchev–Trinajstić information content (AvgIpc) is 2.63. The number of hydrogen-bond donors (Lipinski definition) is 2. The lowest BCUT2D eigenvalue weighted by molar-refractivity contribution is -0.137. The molecule has 0 radical (unpaired) electrons. The Bertz CT molecular complexity index is 694. The van der Waals surface area contributed by atoms with Gasteiger partial charge in [-0.3, -0.25) is 9.69 Å². The molecule has 1 fully saturated rings. The van der Waals surface area contributed by atoms with Crippen LogP contribution >= 0.6 is 23.8 Å². The molecule has 156 valence electrons. The van der Waals surface area contributed by atoms with Crippen molar-refractivity contribution in [2.45, 2.75) is 25.9 Å². The van der Waals surface area contributed by atoms with Crippen LogP contribution in [0.5, 0.6) is 0 Å². The molecule has 5 nitrogen and oxygen atoms in total. The third-order valence-corrected chi connectivity index (χ3v) is 5.12. The van der Waals surface area contributed by atoms with Crippen LogP contribution in [0.3, 0.4) is 0 Å². The largest absolute Gasteiger partial charge is 0.417 e. The van der Waals surface area contributed by atoms with Gasteiger partial charge >= 0.3 is 6.18 Å². The zero-order valence-electron chi connectivity index (χ0n) is 15.6. The first-order chi connectivity index (χ1) is 13.2. The third kappa shape index (κ3) is 6.79. The number of carbonyl (C=O) groups excluding carboxylic acids is 1. The van der Waals surface area contributed by atoms with E-state index in [9.17, 15) is 18.0 Å². The summed E-state index contributed by atoms with van der Waals surface area (Å²) in [5.74, 6) is -0.368. The van der Waals surface area contributed by atoms with Gasteiger partial charge in [-0.05, 0) is 36.8 Å². The summed E-state index contributed by atoms with van der Waals surface area (Å²) in [6.07, 6.45) is -2.42. The van der Waals surface area contributed by atoms with Crippen LogP contribution in [0, 0.1) is 0 Å². The van der Waals surface area contributed by atoms with Crippen molar-refractivity contribution in [1.29, 1.82) is 0 Å². The highest BCUT2D eigenvalue weighted by molar-refractivity contribution is 7.80. The lowest BCUT2D eigenvalue weighted by Gasteiger charge is -2.35. The van der Waals surface area contributed by atoms with Crippen LogP contribution in [0.1, 0.15) is 25.3 Å². The van der Waals surface area contributed by atoms with Crippen molar-refractivity contribution in [2.75, 3.05) is 44.6 Å². The van der Waals surface area contributed by atoms with E-state index in [0.29, 0.717) is 26.2 Å². The highest BCUT2D eigenvalue weighted by atomic mass is 35.5. The molecule has 1 amide bonds. The summed E-state index contributed by atoms with van der Waals surface area (Å²) in [6.45, 7) is 5.76. The third-order valence-electron chi connectivity index (χ3n) is 4.39. The second kappa shape index (κ2) is 10.3. The van der Waals surface area contributed by atoms with Crippen molar-refractivity contribution in [2.24, 2.45) is 0 Å². The van der Waals surface area contributed by atoms with E-state index in [1.807, 2.05) is 4.90 Å².